The molecule has 0 heterocycles. The van der Waals surface area contributed by atoms with Crippen molar-refractivity contribution in [2.75, 3.05) is 0 Å². The summed E-state index contributed by atoms with van der Waals surface area (Å²) in [5.74, 6) is 0. The Morgan fingerprint density at radius 3 is 1.73 bits per heavy atom. The lowest BCUT2D eigenvalue weighted by molar-refractivity contribution is 0.482. The van der Waals surface area contributed by atoms with Gasteiger partial charge in [0.05, 0.1) is 0 Å². The monoisotopic (exact) mass is 432 g/mol. The Kier molecular flexibility index (Phi) is 9.83. The molecular weight excluding hydrogens is 392 g/mol. The van der Waals surface area contributed by atoms with Gasteiger partial charge >= 0.3 is 0 Å². The van der Waals surface area contributed by atoms with E-state index >= 15 is 0 Å². The van der Waals surface area contributed by atoms with Gasteiger partial charge in [-0.1, -0.05) is 71.6 Å². The van der Waals surface area contributed by atoms with Gasteiger partial charge in [0.15, 0.2) is 0 Å². The molecule has 0 atom stereocenters. The lowest BCUT2D eigenvalue weighted by atomic mass is 9.84. The molecule has 4 heteroatoms. The third-order valence-corrected chi connectivity index (χ3v) is 7.08. The first-order valence-corrected chi connectivity index (χ1v) is 13.4. The quantitative estimate of drug-likeness (QED) is 0.334. The van der Waals surface area contributed by atoms with E-state index in [0.717, 1.165) is 87.0 Å². The van der Waals surface area contributed by atoms with E-state index in [4.69, 9.17) is 0 Å². The SMILES string of the molecule is CCCCc1c(CCCC)c(CCCC)c2c(CCCC)cccc2c1S(=O)(=O)O. The number of rotatable bonds is 13. The fraction of sp³-hybridized carbons (Fsp3) is 0.615. The van der Waals surface area contributed by atoms with Gasteiger partial charge in [-0.05, 0) is 79.0 Å². The Balaban J connectivity index is 2.98. The van der Waals surface area contributed by atoms with Gasteiger partial charge in [0, 0.05) is 5.39 Å². The van der Waals surface area contributed by atoms with Crippen molar-refractivity contribution in [2.24, 2.45) is 0 Å². The van der Waals surface area contributed by atoms with Gasteiger partial charge in [0.25, 0.3) is 10.1 Å². The van der Waals surface area contributed by atoms with E-state index < -0.39 is 10.1 Å². The summed E-state index contributed by atoms with van der Waals surface area (Å²) in [4.78, 5) is 0.177. The standard InChI is InChI=1S/C26H40O3S/c1-5-9-14-20-15-13-19-24-25(20)22(17-11-7-3)21(16-10-6-2)23(18-12-8-4)26(24)30(27,28)29/h13,15,19H,5-12,14,16-18H2,1-4H3,(H,27,28,29). The molecule has 0 amide bonds. The Labute approximate surface area is 184 Å². The van der Waals surface area contributed by atoms with Gasteiger partial charge < -0.3 is 0 Å². The van der Waals surface area contributed by atoms with Crippen molar-refractivity contribution >= 4 is 20.9 Å². The topological polar surface area (TPSA) is 54.4 Å². The van der Waals surface area contributed by atoms with Gasteiger partial charge in [0.2, 0.25) is 0 Å². The van der Waals surface area contributed by atoms with Crippen LogP contribution < -0.4 is 0 Å². The van der Waals surface area contributed by atoms with Crippen molar-refractivity contribution in [1.82, 2.24) is 0 Å². The van der Waals surface area contributed by atoms with Crippen molar-refractivity contribution < 1.29 is 13.0 Å². The molecule has 168 valence electrons. The first kappa shape index (κ1) is 24.9. The second-order valence-corrected chi connectivity index (χ2v) is 9.85. The molecule has 0 unspecified atom stereocenters. The summed E-state index contributed by atoms with van der Waals surface area (Å²) in [6.07, 6.45) is 11.9. The average molecular weight is 433 g/mol. The van der Waals surface area contributed by atoms with Crippen LogP contribution in [-0.4, -0.2) is 13.0 Å². The van der Waals surface area contributed by atoms with E-state index in [1.807, 2.05) is 12.1 Å². The van der Waals surface area contributed by atoms with E-state index in [0.29, 0.717) is 6.42 Å². The molecule has 2 rings (SSSR count). The molecule has 0 saturated carbocycles. The fourth-order valence-corrected chi connectivity index (χ4v) is 5.54. The highest BCUT2D eigenvalue weighted by Crippen LogP contribution is 2.38. The molecule has 0 bridgehead atoms. The van der Waals surface area contributed by atoms with Gasteiger partial charge in [-0.25, -0.2) is 0 Å². The summed E-state index contributed by atoms with van der Waals surface area (Å²) < 4.78 is 35.6. The van der Waals surface area contributed by atoms with Crippen LogP contribution in [0.4, 0.5) is 0 Å². The van der Waals surface area contributed by atoms with E-state index in [-0.39, 0.29) is 4.90 Å². The van der Waals surface area contributed by atoms with Crippen LogP contribution in [0.1, 0.15) is 101 Å². The van der Waals surface area contributed by atoms with Crippen molar-refractivity contribution in [3.8, 4) is 0 Å². The maximum absolute atomic E-state index is 12.7. The zero-order valence-electron chi connectivity index (χ0n) is 19.4. The number of benzene rings is 2. The molecule has 2 aromatic carbocycles. The lowest BCUT2D eigenvalue weighted by Crippen LogP contribution is -2.12. The molecule has 3 nitrogen and oxygen atoms in total. The molecule has 0 radical (unpaired) electrons. The van der Waals surface area contributed by atoms with Crippen LogP contribution in [0.3, 0.4) is 0 Å². The lowest BCUT2D eigenvalue weighted by Gasteiger charge is -2.23. The Hall–Kier alpha value is -1.39. The molecule has 0 aliphatic rings. The third-order valence-electron chi connectivity index (χ3n) is 6.10. The molecule has 0 aliphatic carbocycles. The number of hydrogen-bond acceptors (Lipinski definition) is 2. The second kappa shape index (κ2) is 11.9. The third kappa shape index (κ3) is 5.85. The summed E-state index contributed by atoms with van der Waals surface area (Å²) >= 11 is 0. The average Bonchev–Trinajstić information content (AvgIpc) is 2.71. The largest absolute Gasteiger partial charge is 0.295 e. The summed E-state index contributed by atoms with van der Waals surface area (Å²) in [5, 5.41) is 1.82. The van der Waals surface area contributed by atoms with Crippen molar-refractivity contribution in [1.29, 1.82) is 0 Å². The van der Waals surface area contributed by atoms with E-state index in [1.54, 1.807) is 0 Å². The van der Waals surface area contributed by atoms with Crippen molar-refractivity contribution in [3.05, 3.63) is 40.5 Å². The highest BCUT2D eigenvalue weighted by atomic mass is 32.2. The van der Waals surface area contributed by atoms with Crippen molar-refractivity contribution in [2.45, 2.75) is 110 Å². The van der Waals surface area contributed by atoms with Gasteiger partial charge in [-0.3, -0.25) is 4.55 Å². The Morgan fingerprint density at radius 1 is 0.700 bits per heavy atom. The molecule has 0 saturated heterocycles. The second-order valence-electron chi connectivity index (χ2n) is 8.49. The first-order valence-electron chi connectivity index (χ1n) is 12.0. The predicted molar refractivity (Wildman–Crippen MR) is 128 cm³/mol. The molecule has 1 N–H and O–H groups in total. The molecular formula is C26H40O3S. The Morgan fingerprint density at radius 2 is 1.20 bits per heavy atom. The molecule has 30 heavy (non-hydrogen) atoms. The van der Waals surface area contributed by atoms with Gasteiger partial charge in [-0.2, -0.15) is 8.42 Å². The minimum Gasteiger partial charge on any atom is -0.282 e. The number of unbranched alkanes of at least 4 members (excludes halogenated alkanes) is 4. The molecule has 0 spiro atoms. The van der Waals surface area contributed by atoms with Crippen LogP contribution >= 0.6 is 0 Å². The van der Waals surface area contributed by atoms with E-state index in [2.05, 4.69) is 33.8 Å². The van der Waals surface area contributed by atoms with E-state index in [1.165, 1.54) is 16.7 Å². The molecule has 0 aromatic heterocycles. The highest BCUT2D eigenvalue weighted by molar-refractivity contribution is 7.86. The van der Waals surface area contributed by atoms with Crippen LogP contribution in [0.15, 0.2) is 23.1 Å². The molecule has 0 aliphatic heterocycles. The number of fused-ring (bicyclic) bond motifs is 1. The zero-order chi connectivity index (χ0) is 22.1. The van der Waals surface area contributed by atoms with E-state index in [9.17, 15) is 13.0 Å². The van der Waals surface area contributed by atoms with Crippen molar-refractivity contribution in [3.63, 3.8) is 0 Å². The highest BCUT2D eigenvalue weighted by Gasteiger charge is 2.26. The summed E-state index contributed by atoms with van der Waals surface area (Å²) in [6, 6.07) is 6.01. The first-order chi connectivity index (χ1) is 14.4. The van der Waals surface area contributed by atoms with Crippen LogP contribution in [0.2, 0.25) is 0 Å². The number of hydrogen-bond donors (Lipinski definition) is 1. The number of aryl methyl sites for hydroxylation is 2. The Bertz CT molecular complexity index is 929. The van der Waals surface area contributed by atoms with Crippen LogP contribution in [-0.2, 0) is 35.8 Å². The molecule has 2 aromatic rings. The van der Waals surface area contributed by atoms with Gasteiger partial charge in [-0.15, -0.1) is 0 Å². The zero-order valence-corrected chi connectivity index (χ0v) is 20.2. The van der Waals surface area contributed by atoms with Gasteiger partial charge in [0.1, 0.15) is 4.90 Å². The summed E-state index contributed by atoms with van der Waals surface area (Å²) in [7, 11) is -4.31. The maximum Gasteiger partial charge on any atom is 0.295 e. The van der Waals surface area contributed by atoms with Crippen LogP contribution in [0, 0.1) is 0 Å². The van der Waals surface area contributed by atoms with Crippen LogP contribution in [0.25, 0.3) is 10.8 Å². The predicted octanol–water partition coefficient (Wildman–Crippen LogP) is 7.46. The minimum atomic E-state index is -4.31. The maximum atomic E-state index is 12.7. The smallest absolute Gasteiger partial charge is 0.282 e. The van der Waals surface area contributed by atoms with Crippen LogP contribution in [0.5, 0.6) is 0 Å². The fourth-order valence-electron chi connectivity index (χ4n) is 4.55. The molecule has 0 fully saturated rings. The normalized spacial score (nSPS) is 12.0. The summed E-state index contributed by atoms with van der Waals surface area (Å²) in [5.41, 5.74) is 4.64. The summed E-state index contributed by atoms with van der Waals surface area (Å²) in [6.45, 7) is 8.69. The minimum absolute atomic E-state index is 0.177.